The highest BCUT2D eigenvalue weighted by Crippen LogP contribution is 2.25. The summed E-state index contributed by atoms with van der Waals surface area (Å²) >= 11 is 0. The van der Waals surface area contributed by atoms with Crippen molar-refractivity contribution in [2.24, 2.45) is 0 Å². The van der Waals surface area contributed by atoms with Crippen molar-refractivity contribution in [1.29, 1.82) is 0 Å². The number of hydrogen-bond donors (Lipinski definition) is 2. The van der Waals surface area contributed by atoms with Crippen LogP contribution in [0.25, 0.3) is 11.1 Å². The molecule has 0 radical (unpaired) electrons. The Hall–Kier alpha value is -5.56. The first-order chi connectivity index (χ1) is 22.9. The Morgan fingerprint density at radius 3 is 1.85 bits per heavy atom. The van der Waals surface area contributed by atoms with Crippen LogP contribution in [-0.2, 0) is 6.61 Å². The number of rotatable bonds is 10. The molecule has 7 heteroatoms. The monoisotopic (exact) mass is 625 g/mol. The molecule has 0 saturated carbocycles. The van der Waals surface area contributed by atoms with Gasteiger partial charge in [0, 0.05) is 55.5 Å². The molecule has 1 heterocycles. The number of ether oxygens (including phenoxy) is 2. The number of carbonyl (C=O) groups excluding carboxylic acids is 2. The van der Waals surface area contributed by atoms with Crippen LogP contribution in [0.15, 0.2) is 121 Å². The van der Waals surface area contributed by atoms with E-state index in [1.807, 2.05) is 140 Å². The van der Waals surface area contributed by atoms with Crippen LogP contribution in [0.3, 0.4) is 0 Å². The molecule has 2 amide bonds. The second-order valence-electron chi connectivity index (χ2n) is 11.8. The second kappa shape index (κ2) is 14.7. The Bertz CT molecular complexity index is 1780. The van der Waals surface area contributed by atoms with Crippen molar-refractivity contribution in [3.8, 4) is 22.6 Å². The van der Waals surface area contributed by atoms with Crippen molar-refractivity contribution in [3.63, 3.8) is 0 Å². The normalized spacial score (nSPS) is 13.1. The Kier molecular flexibility index (Phi) is 9.82. The van der Waals surface area contributed by atoms with Crippen LogP contribution in [0, 0.1) is 6.92 Å². The van der Waals surface area contributed by atoms with Crippen molar-refractivity contribution in [3.05, 3.63) is 144 Å². The summed E-state index contributed by atoms with van der Waals surface area (Å²) in [5, 5.41) is 6.00. The predicted octanol–water partition coefficient (Wildman–Crippen LogP) is 8.22. The molecule has 0 unspecified atom stereocenters. The minimum absolute atomic E-state index is 0.0885. The molecule has 1 fully saturated rings. The summed E-state index contributed by atoms with van der Waals surface area (Å²) < 4.78 is 12.3. The lowest BCUT2D eigenvalue weighted by molar-refractivity contribution is 0.0595. The first-order valence-corrected chi connectivity index (χ1v) is 16.0. The highest BCUT2D eigenvalue weighted by atomic mass is 16.5. The van der Waals surface area contributed by atoms with Gasteiger partial charge in [0.05, 0.1) is 0 Å². The minimum atomic E-state index is -0.148. The SMILES string of the molecule is CNc1ccc(NC(=O)c2ccc(-c3ccc(OCc4ccc(OC5CCN(C(=O)c6ccc(C)cc6)CC5)cc4)cc3)cc2)cc1. The number of nitrogens with one attached hydrogen (secondary N) is 2. The molecule has 5 aromatic carbocycles. The zero-order chi connectivity index (χ0) is 32.6. The van der Waals surface area contributed by atoms with Crippen molar-refractivity contribution < 1.29 is 19.1 Å². The van der Waals surface area contributed by atoms with Crippen LogP contribution in [-0.4, -0.2) is 43.0 Å². The number of hydrogen-bond acceptors (Lipinski definition) is 5. The van der Waals surface area contributed by atoms with E-state index in [4.69, 9.17) is 9.47 Å². The lowest BCUT2D eigenvalue weighted by Crippen LogP contribution is -2.41. The highest BCUT2D eigenvalue weighted by Gasteiger charge is 2.24. The fourth-order valence-corrected chi connectivity index (χ4v) is 5.56. The van der Waals surface area contributed by atoms with Gasteiger partial charge in [0.1, 0.15) is 24.2 Å². The van der Waals surface area contributed by atoms with E-state index in [-0.39, 0.29) is 17.9 Å². The molecule has 5 aromatic rings. The Morgan fingerprint density at radius 2 is 1.23 bits per heavy atom. The van der Waals surface area contributed by atoms with Gasteiger partial charge < -0.3 is 25.0 Å². The molecule has 1 saturated heterocycles. The summed E-state index contributed by atoms with van der Waals surface area (Å²) in [6, 6.07) is 38.9. The van der Waals surface area contributed by atoms with E-state index in [2.05, 4.69) is 10.6 Å². The Balaban J connectivity index is 0.946. The zero-order valence-corrected chi connectivity index (χ0v) is 26.7. The number of nitrogens with zero attached hydrogens (tertiary/aromatic N) is 1. The summed E-state index contributed by atoms with van der Waals surface area (Å²) in [7, 11) is 1.86. The molecule has 47 heavy (non-hydrogen) atoms. The van der Waals surface area contributed by atoms with Gasteiger partial charge in [-0.05, 0) is 96.4 Å². The van der Waals surface area contributed by atoms with Crippen LogP contribution in [0.2, 0.25) is 0 Å². The number of likely N-dealkylation sites (tertiary alicyclic amines) is 1. The van der Waals surface area contributed by atoms with Gasteiger partial charge in [-0.3, -0.25) is 9.59 Å². The first kappa shape index (κ1) is 31.4. The number of aryl methyl sites for hydroxylation is 1. The van der Waals surface area contributed by atoms with Gasteiger partial charge in [-0.25, -0.2) is 0 Å². The van der Waals surface area contributed by atoms with Crippen molar-refractivity contribution >= 4 is 23.2 Å². The van der Waals surface area contributed by atoms with Crippen molar-refractivity contribution in [1.82, 2.24) is 4.90 Å². The summed E-state index contributed by atoms with van der Waals surface area (Å²) in [5.74, 6) is 1.55. The smallest absolute Gasteiger partial charge is 0.255 e. The number of amides is 2. The van der Waals surface area contributed by atoms with E-state index in [9.17, 15) is 9.59 Å². The average molecular weight is 626 g/mol. The maximum absolute atomic E-state index is 12.8. The van der Waals surface area contributed by atoms with Crippen LogP contribution in [0.4, 0.5) is 11.4 Å². The van der Waals surface area contributed by atoms with Crippen molar-refractivity contribution in [2.75, 3.05) is 30.8 Å². The van der Waals surface area contributed by atoms with Crippen molar-refractivity contribution in [2.45, 2.75) is 32.5 Å². The van der Waals surface area contributed by atoms with E-state index in [0.717, 1.165) is 63.5 Å². The number of carbonyl (C=O) groups is 2. The first-order valence-electron chi connectivity index (χ1n) is 16.0. The molecule has 6 rings (SSSR count). The van der Waals surface area contributed by atoms with Crippen LogP contribution in [0.1, 0.15) is 44.7 Å². The fourth-order valence-electron chi connectivity index (χ4n) is 5.56. The molecule has 0 bridgehead atoms. The van der Waals surface area contributed by atoms with Crippen LogP contribution >= 0.6 is 0 Å². The summed E-state index contributed by atoms with van der Waals surface area (Å²) in [6.07, 6.45) is 1.71. The van der Waals surface area contributed by atoms with E-state index >= 15 is 0 Å². The summed E-state index contributed by atoms with van der Waals surface area (Å²) in [5.41, 5.74) is 7.33. The van der Waals surface area contributed by atoms with Gasteiger partial charge in [-0.2, -0.15) is 0 Å². The van der Waals surface area contributed by atoms with Gasteiger partial charge in [0.2, 0.25) is 0 Å². The fraction of sp³-hybridized carbons (Fsp3) is 0.200. The number of piperidine rings is 1. The molecule has 0 atom stereocenters. The molecule has 0 aliphatic carbocycles. The van der Waals surface area contributed by atoms with E-state index in [1.54, 1.807) is 0 Å². The topological polar surface area (TPSA) is 79.9 Å². The van der Waals surface area contributed by atoms with Crippen LogP contribution in [0.5, 0.6) is 11.5 Å². The van der Waals surface area contributed by atoms with Gasteiger partial charge >= 0.3 is 0 Å². The Morgan fingerprint density at radius 1 is 0.681 bits per heavy atom. The second-order valence-corrected chi connectivity index (χ2v) is 11.8. The zero-order valence-electron chi connectivity index (χ0n) is 26.7. The lowest BCUT2D eigenvalue weighted by Gasteiger charge is -2.32. The quantitative estimate of drug-likeness (QED) is 0.164. The molecule has 0 aromatic heterocycles. The molecule has 1 aliphatic rings. The Labute approximate surface area is 276 Å². The largest absolute Gasteiger partial charge is 0.490 e. The predicted molar refractivity (Wildman–Crippen MR) is 187 cm³/mol. The molecular weight excluding hydrogens is 586 g/mol. The third kappa shape index (κ3) is 8.19. The van der Waals surface area contributed by atoms with Gasteiger partial charge in [0.25, 0.3) is 11.8 Å². The third-order valence-electron chi connectivity index (χ3n) is 8.43. The average Bonchev–Trinajstić information content (AvgIpc) is 3.12. The maximum atomic E-state index is 12.8. The van der Waals surface area contributed by atoms with Gasteiger partial charge in [0.15, 0.2) is 0 Å². The van der Waals surface area contributed by atoms with E-state index in [0.29, 0.717) is 25.3 Å². The highest BCUT2D eigenvalue weighted by molar-refractivity contribution is 6.04. The molecular formula is C40H39N3O4. The van der Waals surface area contributed by atoms with Crippen LogP contribution < -0.4 is 20.1 Å². The minimum Gasteiger partial charge on any atom is -0.490 e. The van der Waals surface area contributed by atoms with E-state index in [1.165, 1.54) is 0 Å². The molecule has 2 N–H and O–H groups in total. The van der Waals surface area contributed by atoms with Gasteiger partial charge in [-0.15, -0.1) is 0 Å². The molecule has 0 spiro atoms. The third-order valence-corrected chi connectivity index (χ3v) is 8.43. The number of benzene rings is 5. The lowest BCUT2D eigenvalue weighted by atomic mass is 10.0. The van der Waals surface area contributed by atoms with E-state index < -0.39 is 0 Å². The molecule has 238 valence electrons. The molecule has 7 nitrogen and oxygen atoms in total. The van der Waals surface area contributed by atoms with Gasteiger partial charge in [-0.1, -0.05) is 54.1 Å². The summed E-state index contributed by atoms with van der Waals surface area (Å²) in [6.45, 7) is 3.85. The summed E-state index contributed by atoms with van der Waals surface area (Å²) in [4.78, 5) is 27.4. The maximum Gasteiger partial charge on any atom is 0.255 e. The standard InChI is InChI=1S/C40H39N3O4/c1-28-3-7-33(8-4-28)40(45)43-25-23-38(24-26-43)47-37-19-5-29(6-20-37)27-46-36-21-13-31(14-22-36)30-9-11-32(12-10-30)39(44)42-35-17-15-34(41-2)16-18-35/h3-22,38,41H,23-27H2,1-2H3,(H,42,44). The number of anilines is 2. The molecule has 1 aliphatic heterocycles.